The van der Waals surface area contributed by atoms with Gasteiger partial charge in [-0.15, -0.1) is 0 Å². The Morgan fingerprint density at radius 2 is 1.96 bits per heavy atom. The molecule has 28 heavy (non-hydrogen) atoms. The molecule has 0 bridgehead atoms. The van der Waals surface area contributed by atoms with Crippen LogP contribution in [0.1, 0.15) is 46.5 Å². The number of aliphatic hydroxyl groups excluding tert-OH is 3. The van der Waals surface area contributed by atoms with Crippen LogP contribution in [0, 0.1) is 28.6 Å². The largest absolute Gasteiger partial charge is 0.390 e. The molecule has 0 aromatic heterocycles. The number of ketones is 1. The molecule has 9 atom stereocenters. The fourth-order valence-corrected chi connectivity index (χ4v) is 7.38. The van der Waals surface area contributed by atoms with E-state index in [4.69, 9.17) is 0 Å². The van der Waals surface area contributed by atoms with E-state index in [0.29, 0.717) is 19.3 Å². The van der Waals surface area contributed by atoms with E-state index in [9.17, 15) is 25.2 Å². The number of Topliss-reactive ketones (excluding diaryl/α,β-unsaturated/α-hetero) is 1. The molecule has 0 aromatic carbocycles. The highest BCUT2D eigenvalue weighted by Gasteiger charge is 2.75. The number of fused-ring (bicyclic) bond motifs is 5. The van der Waals surface area contributed by atoms with E-state index in [1.165, 1.54) is 0 Å². The number of carbonyl (C=O) groups excluding carboxylic acids is 1. The maximum Gasteiger partial charge on any atom is 0.190 e. The lowest BCUT2D eigenvalue weighted by Gasteiger charge is -2.62. The molecule has 0 amide bonds. The van der Waals surface area contributed by atoms with Crippen molar-refractivity contribution in [1.29, 1.82) is 0 Å². The first-order chi connectivity index (χ1) is 13.0. The van der Waals surface area contributed by atoms with E-state index in [1.807, 2.05) is 0 Å². The van der Waals surface area contributed by atoms with Gasteiger partial charge in [-0.3, -0.25) is 4.79 Å². The molecular weight excluding hydrogens is 363 g/mol. The zero-order valence-corrected chi connectivity index (χ0v) is 16.7. The van der Waals surface area contributed by atoms with Crippen molar-refractivity contribution in [2.24, 2.45) is 28.6 Å². The number of hydrogen-bond donors (Lipinski definition) is 4. The average Bonchev–Trinajstić information content (AvgIpc) is 2.84. The lowest BCUT2D eigenvalue weighted by Crippen LogP contribution is -2.69. The quantitative estimate of drug-likeness (QED) is 0.535. The summed E-state index contributed by atoms with van der Waals surface area (Å²) in [5.74, 6) is -1.88. The number of alkyl halides is 1. The molecule has 3 saturated carbocycles. The molecule has 1 unspecified atom stereocenters. The van der Waals surface area contributed by atoms with Crippen LogP contribution >= 0.6 is 0 Å². The normalized spacial score (nSPS) is 55.1. The van der Waals surface area contributed by atoms with Crippen LogP contribution in [-0.2, 0) is 4.79 Å². The number of halogens is 1. The van der Waals surface area contributed by atoms with Crippen molar-refractivity contribution in [2.75, 3.05) is 6.61 Å². The molecule has 0 aromatic rings. The highest BCUT2D eigenvalue weighted by Crippen LogP contribution is 2.70. The molecule has 156 valence electrons. The SMILES string of the molecule is C[C@H]1C[C@H]2[C@@H]3CCC4=CC(O)C=C[C@]4(C)[C@@]3(F)[C@@H](O)C[C@]2(C)[C@@]1(O)C(=O)CO. The van der Waals surface area contributed by atoms with Gasteiger partial charge in [-0.1, -0.05) is 37.6 Å². The Bertz CT molecular complexity index is 764. The van der Waals surface area contributed by atoms with E-state index in [2.05, 4.69) is 0 Å². The summed E-state index contributed by atoms with van der Waals surface area (Å²) in [5, 5.41) is 42.0. The lowest BCUT2D eigenvalue weighted by atomic mass is 9.44. The molecule has 3 fully saturated rings. The monoisotopic (exact) mass is 394 g/mol. The average molecular weight is 394 g/mol. The van der Waals surface area contributed by atoms with Crippen molar-refractivity contribution < 1.29 is 29.6 Å². The van der Waals surface area contributed by atoms with Gasteiger partial charge in [0.25, 0.3) is 0 Å². The Balaban J connectivity index is 1.83. The molecule has 4 aliphatic carbocycles. The van der Waals surface area contributed by atoms with Crippen molar-refractivity contribution in [3.8, 4) is 0 Å². The molecule has 0 aliphatic heterocycles. The molecule has 4 aliphatic rings. The summed E-state index contributed by atoms with van der Waals surface area (Å²) in [5.41, 5.74) is -4.94. The number of aliphatic hydroxyl groups is 4. The molecule has 4 N–H and O–H groups in total. The van der Waals surface area contributed by atoms with Gasteiger partial charge in [0, 0.05) is 16.7 Å². The standard InChI is InChI=1S/C22H31FO5/c1-12-8-16-15-5-4-13-9-14(25)6-7-19(13,2)21(15,23)17(26)10-20(16,3)22(12,28)18(27)11-24/h6-7,9,12,14-17,24-26,28H,4-5,8,10-11H2,1-3H3/t12-,14?,15-,16-,17-,19-,20-,21-,22-/m0/s1. The van der Waals surface area contributed by atoms with E-state index in [-0.39, 0.29) is 12.3 Å². The minimum Gasteiger partial charge on any atom is -0.390 e. The Morgan fingerprint density at radius 1 is 1.29 bits per heavy atom. The van der Waals surface area contributed by atoms with E-state index >= 15 is 4.39 Å². The van der Waals surface area contributed by atoms with Crippen molar-refractivity contribution in [2.45, 2.75) is 69.9 Å². The van der Waals surface area contributed by atoms with Crippen LogP contribution in [0.25, 0.3) is 0 Å². The van der Waals surface area contributed by atoms with Crippen molar-refractivity contribution in [3.63, 3.8) is 0 Å². The summed E-state index contributed by atoms with van der Waals surface area (Å²) in [6, 6.07) is 0. The predicted molar refractivity (Wildman–Crippen MR) is 101 cm³/mol. The Hall–Kier alpha value is -1.08. The number of hydrogen-bond acceptors (Lipinski definition) is 5. The third kappa shape index (κ3) is 2.07. The maximum atomic E-state index is 16.9. The first-order valence-corrected chi connectivity index (χ1v) is 10.3. The molecule has 6 heteroatoms. The van der Waals surface area contributed by atoms with E-state index < -0.39 is 58.5 Å². The molecule has 0 heterocycles. The van der Waals surface area contributed by atoms with Gasteiger partial charge in [0.1, 0.15) is 12.2 Å². The van der Waals surface area contributed by atoms with Crippen LogP contribution in [0.4, 0.5) is 4.39 Å². The summed E-state index contributed by atoms with van der Waals surface area (Å²) < 4.78 is 16.9. The van der Waals surface area contributed by atoms with Crippen LogP contribution in [0.3, 0.4) is 0 Å². The summed E-state index contributed by atoms with van der Waals surface area (Å²) >= 11 is 0. The van der Waals surface area contributed by atoms with Crippen LogP contribution in [-0.4, -0.2) is 56.3 Å². The third-order valence-electron chi connectivity index (χ3n) is 8.89. The van der Waals surface area contributed by atoms with E-state index in [0.717, 1.165) is 5.57 Å². The second kappa shape index (κ2) is 5.97. The second-order valence-corrected chi connectivity index (χ2v) is 9.89. The molecule has 0 saturated heterocycles. The minimum absolute atomic E-state index is 0.0451. The lowest BCUT2D eigenvalue weighted by molar-refractivity contribution is -0.219. The van der Waals surface area contributed by atoms with Crippen molar-refractivity contribution >= 4 is 5.78 Å². The molecule has 5 nitrogen and oxygen atoms in total. The number of allylic oxidation sites excluding steroid dienone is 2. The van der Waals surface area contributed by atoms with E-state index in [1.54, 1.807) is 39.0 Å². The fraction of sp³-hybridized carbons (Fsp3) is 0.773. The summed E-state index contributed by atoms with van der Waals surface area (Å²) in [7, 11) is 0. The van der Waals surface area contributed by atoms with Gasteiger partial charge in [0.05, 0.1) is 12.2 Å². The van der Waals surface area contributed by atoms with Gasteiger partial charge in [0.15, 0.2) is 11.5 Å². The predicted octanol–water partition coefficient (Wildman–Crippen LogP) is 1.69. The summed E-state index contributed by atoms with van der Waals surface area (Å²) in [6.07, 6.45) is 4.36. The zero-order chi connectivity index (χ0) is 20.7. The topological polar surface area (TPSA) is 98.0 Å². The minimum atomic E-state index is -1.94. The van der Waals surface area contributed by atoms with Crippen molar-refractivity contribution in [1.82, 2.24) is 0 Å². The second-order valence-electron chi connectivity index (χ2n) is 9.89. The van der Waals surface area contributed by atoms with Gasteiger partial charge in [-0.25, -0.2) is 4.39 Å². The third-order valence-corrected chi connectivity index (χ3v) is 8.89. The molecule has 0 spiro atoms. The van der Waals surface area contributed by atoms with Gasteiger partial charge < -0.3 is 20.4 Å². The molecule has 0 radical (unpaired) electrons. The first-order valence-electron chi connectivity index (χ1n) is 10.3. The zero-order valence-electron chi connectivity index (χ0n) is 16.7. The van der Waals surface area contributed by atoms with Gasteiger partial charge in [-0.2, -0.15) is 0 Å². The molecule has 4 rings (SSSR count). The fourth-order valence-electron chi connectivity index (χ4n) is 7.38. The van der Waals surface area contributed by atoms with Crippen molar-refractivity contribution in [3.05, 3.63) is 23.8 Å². The van der Waals surface area contributed by atoms with Crippen LogP contribution in [0.5, 0.6) is 0 Å². The van der Waals surface area contributed by atoms with Crippen LogP contribution < -0.4 is 0 Å². The first kappa shape index (κ1) is 20.2. The highest BCUT2D eigenvalue weighted by atomic mass is 19.1. The Labute approximate surface area is 165 Å². The molecular formula is C22H31FO5. The summed E-state index contributed by atoms with van der Waals surface area (Å²) in [4.78, 5) is 12.6. The van der Waals surface area contributed by atoms with Crippen LogP contribution in [0.2, 0.25) is 0 Å². The van der Waals surface area contributed by atoms with Crippen LogP contribution in [0.15, 0.2) is 23.8 Å². The smallest absolute Gasteiger partial charge is 0.190 e. The highest BCUT2D eigenvalue weighted by molar-refractivity contribution is 5.90. The van der Waals surface area contributed by atoms with Gasteiger partial charge >= 0.3 is 0 Å². The number of carbonyl (C=O) groups is 1. The van der Waals surface area contributed by atoms with Gasteiger partial charge in [0.2, 0.25) is 0 Å². The Morgan fingerprint density at radius 3 is 2.61 bits per heavy atom. The Kier molecular flexibility index (Phi) is 4.31. The number of rotatable bonds is 2. The maximum absolute atomic E-state index is 16.9. The van der Waals surface area contributed by atoms with Gasteiger partial charge in [-0.05, 0) is 44.4 Å². The summed E-state index contributed by atoms with van der Waals surface area (Å²) in [6.45, 7) is 4.56.